The van der Waals surface area contributed by atoms with Gasteiger partial charge in [0.2, 0.25) is 0 Å². The summed E-state index contributed by atoms with van der Waals surface area (Å²) >= 11 is 12.2. The van der Waals surface area contributed by atoms with Crippen LogP contribution in [0.3, 0.4) is 0 Å². The van der Waals surface area contributed by atoms with E-state index < -0.39 is 5.97 Å². The van der Waals surface area contributed by atoms with Gasteiger partial charge in [0.05, 0.1) is 18.3 Å². The predicted molar refractivity (Wildman–Crippen MR) is 117 cm³/mol. The van der Waals surface area contributed by atoms with Gasteiger partial charge in [-0.2, -0.15) is 0 Å². The van der Waals surface area contributed by atoms with Crippen molar-refractivity contribution in [2.75, 3.05) is 12.0 Å². The van der Waals surface area contributed by atoms with Crippen LogP contribution >= 0.6 is 23.2 Å². The van der Waals surface area contributed by atoms with E-state index >= 15 is 0 Å². The molecule has 4 nitrogen and oxygen atoms in total. The first-order chi connectivity index (χ1) is 13.7. The van der Waals surface area contributed by atoms with Crippen molar-refractivity contribution in [3.8, 4) is 0 Å². The summed E-state index contributed by atoms with van der Waals surface area (Å²) in [4.78, 5) is 27.3. The van der Waals surface area contributed by atoms with Gasteiger partial charge in [-0.05, 0) is 54.3 Å². The van der Waals surface area contributed by atoms with Gasteiger partial charge in [0.1, 0.15) is 0 Å². The van der Waals surface area contributed by atoms with Gasteiger partial charge in [-0.3, -0.25) is 9.69 Å². The quantitative estimate of drug-likeness (QED) is 0.442. The molecule has 0 unspecified atom stereocenters. The van der Waals surface area contributed by atoms with E-state index in [1.54, 1.807) is 31.2 Å². The molecule has 1 heterocycles. The van der Waals surface area contributed by atoms with Crippen LogP contribution in [0.25, 0.3) is 6.08 Å². The minimum atomic E-state index is -0.575. The molecule has 29 heavy (non-hydrogen) atoms. The first-order valence-electron chi connectivity index (χ1n) is 9.15. The number of hydrogen-bond acceptors (Lipinski definition) is 3. The van der Waals surface area contributed by atoms with Crippen molar-refractivity contribution in [2.24, 2.45) is 0 Å². The molecule has 2 aromatic carbocycles. The number of amides is 1. The van der Waals surface area contributed by atoms with Crippen molar-refractivity contribution in [3.63, 3.8) is 0 Å². The van der Waals surface area contributed by atoms with E-state index in [2.05, 4.69) is 13.8 Å². The summed E-state index contributed by atoms with van der Waals surface area (Å²) in [6, 6.07) is 12.7. The summed E-state index contributed by atoms with van der Waals surface area (Å²) in [6.07, 6.45) is 1.60. The number of hydrogen-bond donors (Lipinski definition) is 0. The fraction of sp³-hybridized carbons (Fsp3) is 0.217. The summed E-state index contributed by atoms with van der Waals surface area (Å²) in [6.45, 7) is 5.94. The SMILES string of the molecule is COC(=O)C1=C(C)N(c2ccc(C(C)C)cc2)C(=O)/C1=C\c1ccc(Cl)cc1Cl. The first-order valence-corrected chi connectivity index (χ1v) is 9.91. The smallest absolute Gasteiger partial charge is 0.340 e. The molecule has 0 radical (unpaired) electrons. The Kier molecular flexibility index (Phi) is 6.15. The van der Waals surface area contributed by atoms with Gasteiger partial charge >= 0.3 is 5.97 Å². The second kappa shape index (κ2) is 8.44. The molecule has 0 fully saturated rings. The molecule has 1 aliphatic heterocycles. The van der Waals surface area contributed by atoms with Crippen molar-refractivity contribution in [1.29, 1.82) is 0 Å². The molecule has 0 aromatic heterocycles. The van der Waals surface area contributed by atoms with E-state index in [0.717, 1.165) is 0 Å². The van der Waals surface area contributed by atoms with Crippen molar-refractivity contribution in [1.82, 2.24) is 0 Å². The molecule has 0 bridgehead atoms. The summed E-state index contributed by atoms with van der Waals surface area (Å²) in [5, 5.41) is 0.876. The Hall–Kier alpha value is -2.56. The fourth-order valence-corrected chi connectivity index (χ4v) is 3.74. The maximum Gasteiger partial charge on any atom is 0.340 e. The molecular formula is C23H21Cl2NO3. The average Bonchev–Trinajstić information content (AvgIpc) is 2.93. The second-order valence-electron chi connectivity index (χ2n) is 7.06. The molecule has 0 aliphatic carbocycles. The Morgan fingerprint density at radius 3 is 2.31 bits per heavy atom. The third-order valence-corrected chi connectivity index (χ3v) is 5.43. The van der Waals surface area contributed by atoms with Crippen LogP contribution in [0.2, 0.25) is 10.0 Å². The van der Waals surface area contributed by atoms with Crippen LogP contribution in [-0.2, 0) is 14.3 Å². The lowest BCUT2D eigenvalue weighted by atomic mass is 10.0. The van der Waals surface area contributed by atoms with Crippen molar-refractivity contribution in [3.05, 3.63) is 80.5 Å². The number of rotatable bonds is 4. The van der Waals surface area contributed by atoms with E-state index in [4.69, 9.17) is 27.9 Å². The number of carbonyl (C=O) groups excluding carboxylic acids is 2. The zero-order chi connectivity index (χ0) is 21.3. The lowest BCUT2D eigenvalue weighted by Crippen LogP contribution is -2.24. The van der Waals surface area contributed by atoms with Crippen LogP contribution in [-0.4, -0.2) is 19.0 Å². The van der Waals surface area contributed by atoms with E-state index in [0.29, 0.717) is 32.9 Å². The molecule has 0 saturated heterocycles. The zero-order valence-electron chi connectivity index (χ0n) is 16.6. The van der Waals surface area contributed by atoms with Crippen LogP contribution in [0.5, 0.6) is 0 Å². The van der Waals surface area contributed by atoms with Gasteiger partial charge in [0.15, 0.2) is 0 Å². The maximum absolute atomic E-state index is 13.3. The van der Waals surface area contributed by atoms with Crippen LogP contribution in [0.1, 0.15) is 37.8 Å². The lowest BCUT2D eigenvalue weighted by Gasteiger charge is -2.19. The van der Waals surface area contributed by atoms with Crippen LogP contribution in [0, 0.1) is 0 Å². The summed E-state index contributed by atoms with van der Waals surface area (Å²) < 4.78 is 4.93. The minimum Gasteiger partial charge on any atom is -0.465 e. The van der Waals surface area contributed by atoms with Gasteiger partial charge in [-0.25, -0.2) is 4.79 Å². The maximum atomic E-state index is 13.3. The number of allylic oxidation sites excluding steroid dienone is 1. The van der Waals surface area contributed by atoms with E-state index in [-0.39, 0.29) is 17.1 Å². The minimum absolute atomic E-state index is 0.219. The van der Waals surface area contributed by atoms with Gasteiger partial charge in [-0.1, -0.05) is 55.2 Å². The Morgan fingerprint density at radius 2 is 1.76 bits per heavy atom. The Bertz CT molecular complexity index is 1040. The van der Waals surface area contributed by atoms with Crippen LogP contribution in [0.4, 0.5) is 5.69 Å². The molecule has 0 spiro atoms. The standard InChI is InChI=1S/C23H21Cl2NO3/c1-13(2)15-6-9-18(10-7-15)26-14(3)21(23(28)29-4)19(22(26)27)11-16-5-8-17(24)12-20(16)25/h5-13H,1-4H3/b19-11-. The summed E-state index contributed by atoms with van der Waals surface area (Å²) in [5.41, 5.74) is 3.40. The number of esters is 1. The number of anilines is 1. The predicted octanol–water partition coefficient (Wildman–Crippen LogP) is 5.99. The van der Waals surface area contributed by atoms with Gasteiger partial charge < -0.3 is 4.74 Å². The molecule has 0 atom stereocenters. The van der Waals surface area contributed by atoms with Crippen molar-refractivity contribution in [2.45, 2.75) is 26.7 Å². The second-order valence-corrected chi connectivity index (χ2v) is 7.91. The lowest BCUT2D eigenvalue weighted by molar-refractivity contribution is -0.136. The van der Waals surface area contributed by atoms with Crippen molar-refractivity contribution >= 4 is 46.8 Å². The summed E-state index contributed by atoms with van der Waals surface area (Å²) in [5.74, 6) is -0.511. The molecule has 0 N–H and O–H groups in total. The van der Waals surface area contributed by atoms with Crippen LogP contribution in [0.15, 0.2) is 59.3 Å². The monoisotopic (exact) mass is 429 g/mol. The number of methoxy groups -OCH3 is 1. The highest BCUT2D eigenvalue weighted by molar-refractivity contribution is 6.36. The highest BCUT2D eigenvalue weighted by atomic mass is 35.5. The number of benzene rings is 2. The largest absolute Gasteiger partial charge is 0.465 e. The summed E-state index contributed by atoms with van der Waals surface area (Å²) in [7, 11) is 1.29. The Labute approximate surface area is 180 Å². The van der Waals surface area contributed by atoms with Gasteiger partial charge in [0, 0.05) is 21.4 Å². The Morgan fingerprint density at radius 1 is 1.10 bits per heavy atom. The highest BCUT2D eigenvalue weighted by Gasteiger charge is 2.38. The molecule has 2 aromatic rings. The van der Waals surface area contributed by atoms with Crippen LogP contribution < -0.4 is 4.90 Å². The number of nitrogens with zero attached hydrogens (tertiary/aromatic N) is 1. The van der Waals surface area contributed by atoms with E-state index in [1.807, 2.05) is 24.3 Å². The molecule has 6 heteroatoms. The topological polar surface area (TPSA) is 46.6 Å². The molecule has 0 saturated carbocycles. The fourth-order valence-electron chi connectivity index (χ4n) is 3.27. The molecule has 150 valence electrons. The normalized spacial score (nSPS) is 15.6. The molecule has 3 rings (SSSR count). The third kappa shape index (κ3) is 4.09. The average molecular weight is 430 g/mol. The van der Waals surface area contributed by atoms with Gasteiger partial charge in [0.25, 0.3) is 5.91 Å². The van der Waals surface area contributed by atoms with Crippen molar-refractivity contribution < 1.29 is 14.3 Å². The molecule has 1 aliphatic rings. The molecule has 1 amide bonds. The zero-order valence-corrected chi connectivity index (χ0v) is 18.1. The first kappa shape index (κ1) is 21.2. The van der Waals surface area contributed by atoms with E-state index in [9.17, 15) is 9.59 Å². The van der Waals surface area contributed by atoms with E-state index in [1.165, 1.54) is 17.6 Å². The number of halogens is 2. The highest BCUT2D eigenvalue weighted by Crippen LogP contribution is 2.36. The number of carbonyl (C=O) groups is 2. The number of ether oxygens (including phenoxy) is 1. The Balaban J connectivity index is 2.11. The van der Waals surface area contributed by atoms with Gasteiger partial charge in [-0.15, -0.1) is 0 Å². The third-order valence-electron chi connectivity index (χ3n) is 4.87. The molecular weight excluding hydrogens is 409 g/mol.